The Morgan fingerprint density at radius 2 is 1.64 bits per heavy atom. The lowest BCUT2D eigenvalue weighted by Crippen LogP contribution is -2.45. The van der Waals surface area contributed by atoms with Crippen LogP contribution in [0.5, 0.6) is 0 Å². The number of aromatic nitrogens is 2. The summed E-state index contributed by atoms with van der Waals surface area (Å²) >= 11 is 0. The third-order valence-electron chi connectivity index (χ3n) is 6.30. The van der Waals surface area contributed by atoms with Crippen molar-refractivity contribution in [3.05, 3.63) is 77.0 Å². The molecule has 2 heterocycles. The zero-order valence-corrected chi connectivity index (χ0v) is 19.8. The van der Waals surface area contributed by atoms with Crippen LogP contribution in [0.4, 0.5) is 14.6 Å². The van der Waals surface area contributed by atoms with Crippen molar-refractivity contribution in [2.75, 3.05) is 44.7 Å². The number of likely N-dealkylation sites (N-methyl/N-ethyl adjacent to an activating group) is 1. The molecule has 1 aromatic heterocycles. The number of aryl methyl sites for hydroxylation is 1. The van der Waals surface area contributed by atoms with E-state index in [1.165, 1.54) is 18.2 Å². The molecule has 5 nitrogen and oxygen atoms in total. The highest BCUT2D eigenvalue weighted by molar-refractivity contribution is 5.55. The van der Waals surface area contributed by atoms with Crippen LogP contribution in [-0.4, -0.2) is 59.4 Å². The molecule has 1 aliphatic heterocycles. The first-order valence-corrected chi connectivity index (χ1v) is 11.7. The zero-order valence-electron chi connectivity index (χ0n) is 19.8. The standard InChI is InChI=1S/C26H33F2N5/c1-4-13-31(18-21-7-5-6-8-25(21)28)19-24-20(2)29-33(23-11-9-22(27)10-12-23)26(24)32-16-14-30(3)15-17-32/h5-12H,4,13-19H2,1-3H3. The van der Waals surface area contributed by atoms with Gasteiger partial charge in [0.1, 0.15) is 17.5 Å². The fourth-order valence-electron chi connectivity index (χ4n) is 4.46. The van der Waals surface area contributed by atoms with Gasteiger partial charge in [-0.2, -0.15) is 5.10 Å². The Kier molecular flexibility index (Phi) is 7.40. The molecular weight excluding hydrogens is 420 g/mol. The highest BCUT2D eigenvalue weighted by Crippen LogP contribution is 2.30. The Bertz CT molecular complexity index is 1060. The Morgan fingerprint density at radius 1 is 0.939 bits per heavy atom. The summed E-state index contributed by atoms with van der Waals surface area (Å²) in [6.45, 7) is 10.0. The summed E-state index contributed by atoms with van der Waals surface area (Å²) in [5.74, 6) is 0.626. The van der Waals surface area contributed by atoms with E-state index in [9.17, 15) is 8.78 Å². The van der Waals surface area contributed by atoms with Gasteiger partial charge in [-0.3, -0.25) is 4.90 Å². The summed E-state index contributed by atoms with van der Waals surface area (Å²) in [7, 11) is 2.14. The van der Waals surface area contributed by atoms with Crippen molar-refractivity contribution in [2.45, 2.75) is 33.4 Å². The molecule has 0 bridgehead atoms. The van der Waals surface area contributed by atoms with Gasteiger partial charge in [0.2, 0.25) is 0 Å². The molecule has 0 unspecified atom stereocenters. The van der Waals surface area contributed by atoms with Crippen molar-refractivity contribution < 1.29 is 8.78 Å². The predicted octanol–water partition coefficient (Wildman–Crippen LogP) is 4.62. The van der Waals surface area contributed by atoms with Crippen LogP contribution >= 0.6 is 0 Å². The summed E-state index contributed by atoms with van der Waals surface area (Å²) in [5, 5.41) is 4.88. The molecule has 2 aromatic carbocycles. The van der Waals surface area contributed by atoms with Crippen molar-refractivity contribution in [3.8, 4) is 5.69 Å². The molecule has 0 N–H and O–H groups in total. The minimum atomic E-state index is -0.261. The monoisotopic (exact) mass is 453 g/mol. The van der Waals surface area contributed by atoms with Crippen LogP contribution in [0.1, 0.15) is 30.2 Å². The van der Waals surface area contributed by atoms with E-state index in [0.717, 1.165) is 61.9 Å². The van der Waals surface area contributed by atoms with Crippen LogP contribution in [0, 0.1) is 18.6 Å². The maximum atomic E-state index is 14.4. The van der Waals surface area contributed by atoms with Gasteiger partial charge in [-0.1, -0.05) is 25.1 Å². The first-order chi connectivity index (χ1) is 16.0. The molecule has 1 fully saturated rings. The molecule has 1 saturated heterocycles. The lowest BCUT2D eigenvalue weighted by Gasteiger charge is -2.35. The molecule has 0 atom stereocenters. The average molecular weight is 454 g/mol. The Labute approximate surface area is 195 Å². The van der Waals surface area contributed by atoms with Gasteiger partial charge in [0.25, 0.3) is 0 Å². The fraction of sp³-hybridized carbons (Fsp3) is 0.423. The molecule has 33 heavy (non-hydrogen) atoms. The maximum absolute atomic E-state index is 14.4. The van der Waals surface area contributed by atoms with Gasteiger partial charge in [0.15, 0.2) is 0 Å². The first kappa shape index (κ1) is 23.4. The number of benzene rings is 2. The molecule has 0 saturated carbocycles. The molecule has 0 radical (unpaired) electrons. The number of hydrogen-bond acceptors (Lipinski definition) is 4. The number of rotatable bonds is 8. The lowest BCUT2D eigenvalue weighted by molar-refractivity contribution is 0.252. The van der Waals surface area contributed by atoms with Crippen LogP contribution < -0.4 is 4.90 Å². The minimum absolute atomic E-state index is 0.170. The second kappa shape index (κ2) is 10.4. The zero-order chi connectivity index (χ0) is 23.4. The van der Waals surface area contributed by atoms with Crippen LogP contribution in [0.25, 0.3) is 5.69 Å². The number of anilines is 1. The second-order valence-corrected chi connectivity index (χ2v) is 8.87. The third-order valence-corrected chi connectivity index (χ3v) is 6.30. The topological polar surface area (TPSA) is 27.5 Å². The third kappa shape index (κ3) is 5.42. The smallest absolute Gasteiger partial charge is 0.137 e. The molecule has 4 rings (SSSR count). The summed E-state index contributed by atoms with van der Waals surface area (Å²) in [4.78, 5) is 6.99. The fourth-order valence-corrected chi connectivity index (χ4v) is 4.46. The largest absolute Gasteiger partial charge is 0.354 e. The SMILES string of the molecule is CCCN(Cc1ccccc1F)Cc1c(C)nn(-c2ccc(F)cc2)c1N1CCN(C)CC1. The predicted molar refractivity (Wildman–Crippen MR) is 129 cm³/mol. The van der Waals surface area contributed by atoms with E-state index in [-0.39, 0.29) is 11.6 Å². The molecule has 0 aliphatic carbocycles. The van der Waals surface area contributed by atoms with E-state index in [2.05, 4.69) is 28.7 Å². The van der Waals surface area contributed by atoms with Gasteiger partial charge in [0, 0.05) is 50.4 Å². The average Bonchev–Trinajstić information content (AvgIpc) is 3.12. The summed E-state index contributed by atoms with van der Waals surface area (Å²) in [6, 6.07) is 13.5. The van der Waals surface area contributed by atoms with Crippen molar-refractivity contribution in [3.63, 3.8) is 0 Å². The van der Waals surface area contributed by atoms with Gasteiger partial charge in [-0.25, -0.2) is 13.5 Å². The van der Waals surface area contributed by atoms with Crippen molar-refractivity contribution in [1.82, 2.24) is 19.6 Å². The van der Waals surface area contributed by atoms with Gasteiger partial charge < -0.3 is 9.80 Å². The van der Waals surface area contributed by atoms with Crippen molar-refractivity contribution in [2.24, 2.45) is 0 Å². The van der Waals surface area contributed by atoms with Gasteiger partial charge in [-0.05, 0) is 57.3 Å². The van der Waals surface area contributed by atoms with Gasteiger partial charge in [-0.15, -0.1) is 0 Å². The van der Waals surface area contributed by atoms with Gasteiger partial charge >= 0.3 is 0 Å². The lowest BCUT2D eigenvalue weighted by atomic mass is 10.1. The van der Waals surface area contributed by atoms with Crippen LogP contribution in [0.2, 0.25) is 0 Å². The quantitative estimate of drug-likeness (QED) is 0.497. The van der Waals surface area contributed by atoms with Crippen LogP contribution in [0.15, 0.2) is 48.5 Å². The Morgan fingerprint density at radius 3 is 2.30 bits per heavy atom. The van der Waals surface area contributed by atoms with Crippen LogP contribution in [-0.2, 0) is 13.1 Å². The van der Waals surface area contributed by atoms with E-state index < -0.39 is 0 Å². The summed E-state index contributed by atoms with van der Waals surface area (Å²) in [5.41, 5.74) is 3.64. The van der Waals surface area contributed by atoms with Gasteiger partial charge in [0.05, 0.1) is 11.4 Å². The highest BCUT2D eigenvalue weighted by atomic mass is 19.1. The number of hydrogen-bond donors (Lipinski definition) is 0. The molecule has 7 heteroatoms. The minimum Gasteiger partial charge on any atom is -0.354 e. The van der Waals surface area contributed by atoms with E-state index in [0.29, 0.717) is 18.7 Å². The molecule has 0 spiro atoms. The highest BCUT2D eigenvalue weighted by Gasteiger charge is 2.26. The molecule has 0 amide bonds. The molecule has 176 valence electrons. The molecular formula is C26H33F2N5. The van der Waals surface area contributed by atoms with E-state index in [4.69, 9.17) is 5.10 Å². The first-order valence-electron chi connectivity index (χ1n) is 11.7. The van der Waals surface area contributed by atoms with E-state index >= 15 is 0 Å². The number of piperazine rings is 1. The van der Waals surface area contributed by atoms with Crippen LogP contribution in [0.3, 0.4) is 0 Å². The summed E-state index contributed by atoms with van der Waals surface area (Å²) in [6.07, 6.45) is 0.976. The normalized spacial score (nSPS) is 14.9. The van der Waals surface area contributed by atoms with E-state index in [1.807, 2.05) is 23.7 Å². The van der Waals surface area contributed by atoms with Crippen molar-refractivity contribution in [1.29, 1.82) is 0 Å². The number of halogens is 2. The molecule has 3 aromatic rings. The Hall–Kier alpha value is -2.77. The Balaban J connectivity index is 1.71. The second-order valence-electron chi connectivity index (χ2n) is 8.87. The molecule has 1 aliphatic rings. The van der Waals surface area contributed by atoms with Crippen molar-refractivity contribution >= 4 is 5.82 Å². The maximum Gasteiger partial charge on any atom is 0.137 e. The number of nitrogens with zero attached hydrogens (tertiary/aromatic N) is 5. The summed E-state index contributed by atoms with van der Waals surface area (Å²) < 4.78 is 29.9. The van der Waals surface area contributed by atoms with E-state index in [1.54, 1.807) is 18.2 Å².